The van der Waals surface area contributed by atoms with Crippen molar-refractivity contribution in [1.82, 2.24) is 24.8 Å². The number of aromatic nitrogens is 4. The highest BCUT2D eigenvalue weighted by atomic mass is 15.0. The Bertz CT molecular complexity index is 1030. The van der Waals surface area contributed by atoms with Gasteiger partial charge in [-0.25, -0.2) is 15.0 Å². The summed E-state index contributed by atoms with van der Waals surface area (Å²) < 4.78 is 0. The summed E-state index contributed by atoms with van der Waals surface area (Å²) in [6, 6.07) is 16.1. The molecule has 2 heterocycles. The monoisotopic (exact) mass is 344 g/mol. The number of nitrogens with zero attached hydrogens (tertiary/aromatic N) is 4. The second-order valence-electron chi connectivity index (χ2n) is 6.53. The quantitative estimate of drug-likeness (QED) is 0.593. The van der Waals surface area contributed by atoms with E-state index in [0.29, 0.717) is 17.3 Å². The fourth-order valence-corrected chi connectivity index (χ4v) is 2.97. The van der Waals surface area contributed by atoms with Crippen LogP contribution >= 0.6 is 0 Å². The number of imidazole rings is 1. The van der Waals surface area contributed by atoms with Gasteiger partial charge in [0.1, 0.15) is 5.69 Å². The zero-order chi connectivity index (χ0) is 18.1. The number of anilines is 1. The molecule has 0 spiro atoms. The van der Waals surface area contributed by atoms with Gasteiger partial charge in [0.2, 0.25) is 0 Å². The van der Waals surface area contributed by atoms with Crippen molar-refractivity contribution in [1.29, 1.82) is 0 Å². The number of para-hydroxylation sites is 2. The highest BCUT2D eigenvalue weighted by Crippen LogP contribution is 2.26. The van der Waals surface area contributed by atoms with Crippen LogP contribution in [0.3, 0.4) is 0 Å². The standard InChI is InChI=1S/C20H20N6/c1-26(2)12-13-6-5-7-14(10-13)17-11-22-19(21)18(23-17)20-24-15-8-3-4-9-16(15)25-20/h3-11H,12H2,1-2H3,(H2,21,22)(H,24,25). The van der Waals surface area contributed by atoms with Crippen molar-refractivity contribution in [2.75, 3.05) is 19.8 Å². The third kappa shape index (κ3) is 3.14. The Kier molecular flexibility index (Phi) is 4.10. The fraction of sp³-hybridized carbons (Fsp3) is 0.150. The first-order valence-electron chi connectivity index (χ1n) is 8.42. The molecule has 4 aromatic rings. The van der Waals surface area contributed by atoms with Gasteiger partial charge in [0.25, 0.3) is 0 Å². The molecule has 6 nitrogen and oxygen atoms in total. The molecule has 0 aliphatic carbocycles. The number of hydrogen-bond acceptors (Lipinski definition) is 5. The number of fused-ring (bicyclic) bond motifs is 1. The van der Waals surface area contributed by atoms with E-state index in [1.165, 1.54) is 5.56 Å². The first-order valence-corrected chi connectivity index (χ1v) is 8.42. The normalized spacial score (nSPS) is 11.3. The Morgan fingerprint density at radius 3 is 2.69 bits per heavy atom. The molecule has 2 aromatic carbocycles. The van der Waals surface area contributed by atoms with Gasteiger partial charge in [0, 0.05) is 12.1 Å². The predicted molar refractivity (Wildman–Crippen MR) is 104 cm³/mol. The van der Waals surface area contributed by atoms with Crippen LogP contribution in [0.2, 0.25) is 0 Å². The Labute approximate surface area is 151 Å². The van der Waals surface area contributed by atoms with E-state index in [1.54, 1.807) is 6.20 Å². The van der Waals surface area contributed by atoms with Crippen molar-refractivity contribution in [2.45, 2.75) is 6.54 Å². The maximum atomic E-state index is 6.08. The van der Waals surface area contributed by atoms with Crippen LogP contribution in [0.25, 0.3) is 33.8 Å². The van der Waals surface area contributed by atoms with Gasteiger partial charge in [-0.2, -0.15) is 0 Å². The van der Waals surface area contributed by atoms with E-state index in [2.05, 4.69) is 46.1 Å². The highest BCUT2D eigenvalue weighted by molar-refractivity contribution is 5.81. The molecule has 0 amide bonds. The van der Waals surface area contributed by atoms with Gasteiger partial charge in [-0.3, -0.25) is 0 Å². The summed E-state index contributed by atoms with van der Waals surface area (Å²) in [6.07, 6.45) is 1.70. The number of rotatable bonds is 4. The van der Waals surface area contributed by atoms with E-state index in [4.69, 9.17) is 10.7 Å². The van der Waals surface area contributed by atoms with Crippen molar-refractivity contribution < 1.29 is 0 Å². The number of aromatic amines is 1. The van der Waals surface area contributed by atoms with Crippen LogP contribution in [-0.4, -0.2) is 38.9 Å². The molecule has 0 bridgehead atoms. The Hall–Kier alpha value is -3.25. The van der Waals surface area contributed by atoms with Crippen molar-refractivity contribution in [2.24, 2.45) is 0 Å². The van der Waals surface area contributed by atoms with E-state index in [-0.39, 0.29) is 0 Å². The minimum atomic E-state index is 0.359. The van der Waals surface area contributed by atoms with E-state index >= 15 is 0 Å². The zero-order valence-corrected chi connectivity index (χ0v) is 14.8. The van der Waals surface area contributed by atoms with Crippen LogP contribution in [0.5, 0.6) is 0 Å². The molecule has 0 aliphatic heterocycles. The largest absolute Gasteiger partial charge is 0.382 e. The summed E-state index contributed by atoms with van der Waals surface area (Å²) in [7, 11) is 4.10. The molecule has 26 heavy (non-hydrogen) atoms. The SMILES string of the molecule is CN(C)Cc1cccc(-c2cnc(N)c(-c3nc4ccccc4[nH]3)n2)c1. The average molecular weight is 344 g/mol. The molecular formula is C20H20N6. The second-order valence-corrected chi connectivity index (χ2v) is 6.53. The zero-order valence-electron chi connectivity index (χ0n) is 14.8. The van der Waals surface area contributed by atoms with Gasteiger partial charge < -0.3 is 15.6 Å². The van der Waals surface area contributed by atoms with Gasteiger partial charge in [0.05, 0.1) is 22.9 Å². The lowest BCUT2D eigenvalue weighted by atomic mass is 10.1. The number of benzene rings is 2. The van der Waals surface area contributed by atoms with Crippen molar-refractivity contribution in [3.63, 3.8) is 0 Å². The summed E-state index contributed by atoms with van der Waals surface area (Å²) in [5.41, 5.74) is 11.5. The van der Waals surface area contributed by atoms with Gasteiger partial charge in [0.15, 0.2) is 11.6 Å². The van der Waals surface area contributed by atoms with Gasteiger partial charge >= 0.3 is 0 Å². The van der Waals surface area contributed by atoms with Crippen LogP contribution in [-0.2, 0) is 6.54 Å². The molecule has 0 fully saturated rings. The smallest absolute Gasteiger partial charge is 0.161 e. The molecule has 0 unspecified atom stereocenters. The Balaban J connectivity index is 1.77. The van der Waals surface area contributed by atoms with E-state index < -0.39 is 0 Å². The van der Waals surface area contributed by atoms with Crippen molar-refractivity contribution in [3.05, 3.63) is 60.3 Å². The van der Waals surface area contributed by atoms with E-state index in [0.717, 1.165) is 28.8 Å². The molecule has 0 saturated heterocycles. The van der Waals surface area contributed by atoms with Crippen LogP contribution in [0, 0.1) is 0 Å². The minimum absolute atomic E-state index is 0.359. The third-order valence-corrected chi connectivity index (χ3v) is 4.14. The first-order chi connectivity index (χ1) is 12.6. The number of nitrogens with two attached hydrogens (primary N) is 1. The van der Waals surface area contributed by atoms with Gasteiger partial charge in [-0.05, 0) is 37.9 Å². The summed E-state index contributed by atoms with van der Waals surface area (Å²) in [5.74, 6) is 0.986. The van der Waals surface area contributed by atoms with Crippen LogP contribution in [0.4, 0.5) is 5.82 Å². The summed E-state index contributed by atoms with van der Waals surface area (Å²) in [6.45, 7) is 0.868. The topological polar surface area (TPSA) is 83.7 Å². The van der Waals surface area contributed by atoms with Crippen molar-refractivity contribution in [3.8, 4) is 22.8 Å². The first kappa shape index (κ1) is 16.2. The molecule has 0 saturated carbocycles. The lowest BCUT2D eigenvalue weighted by Crippen LogP contribution is -2.10. The summed E-state index contributed by atoms with van der Waals surface area (Å²) in [5, 5.41) is 0. The van der Waals surface area contributed by atoms with Crippen LogP contribution in [0.15, 0.2) is 54.7 Å². The average Bonchev–Trinajstić information content (AvgIpc) is 3.05. The molecule has 2 aromatic heterocycles. The molecular weight excluding hydrogens is 324 g/mol. The molecule has 0 radical (unpaired) electrons. The number of nitrogens with one attached hydrogen (secondary N) is 1. The molecule has 4 rings (SSSR count). The molecule has 0 atom stereocenters. The van der Waals surface area contributed by atoms with Gasteiger partial charge in [-0.1, -0.05) is 30.3 Å². The molecule has 6 heteroatoms. The maximum Gasteiger partial charge on any atom is 0.161 e. The van der Waals surface area contributed by atoms with Crippen LogP contribution < -0.4 is 5.73 Å². The Morgan fingerprint density at radius 2 is 1.88 bits per heavy atom. The minimum Gasteiger partial charge on any atom is -0.382 e. The fourth-order valence-electron chi connectivity index (χ4n) is 2.97. The summed E-state index contributed by atoms with van der Waals surface area (Å²) >= 11 is 0. The summed E-state index contributed by atoms with van der Waals surface area (Å²) in [4.78, 5) is 19.1. The highest BCUT2D eigenvalue weighted by Gasteiger charge is 2.13. The maximum absolute atomic E-state index is 6.08. The molecule has 130 valence electrons. The predicted octanol–water partition coefficient (Wildman–Crippen LogP) is 3.33. The van der Waals surface area contributed by atoms with Crippen LogP contribution in [0.1, 0.15) is 5.56 Å². The lowest BCUT2D eigenvalue weighted by molar-refractivity contribution is 0.402. The number of nitrogen functional groups attached to an aromatic ring is 1. The molecule has 0 aliphatic rings. The lowest BCUT2D eigenvalue weighted by Gasteiger charge is -2.11. The Morgan fingerprint density at radius 1 is 1.04 bits per heavy atom. The number of H-pyrrole nitrogens is 1. The van der Waals surface area contributed by atoms with Gasteiger partial charge in [-0.15, -0.1) is 0 Å². The second kappa shape index (κ2) is 6.57. The van der Waals surface area contributed by atoms with E-state index in [9.17, 15) is 0 Å². The number of hydrogen-bond donors (Lipinski definition) is 2. The molecule has 3 N–H and O–H groups in total. The van der Waals surface area contributed by atoms with Crippen molar-refractivity contribution >= 4 is 16.9 Å². The third-order valence-electron chi connectivity index (χ3n) is 4.14. The van der Waals surface area contributed by atoms with E-state index in [1.807, 2.05) is 36.4 Å².